The van der Waals surface area contributed by atoms with Crippen molar-refractivity contribution in [3.63, 3.8) is 0 Å². The fraction of sp³-hybridized carbons (Fsp3) is 0.0500. The van der Waals surface area contributed by atoms with Crippen LogP contribution in [0.15, 0.2) is 84.9 Å². The highest BCUT2D eigenvalue weighted by Gasteiger charge is 2.33. The molecule has 0 heterocycles. The topological polar surface area (TPSA) is 54.4 Å². The lowest BCUT2D eigenvalue weighted by molar-refractivity contribution is 0.0698. The van der Waals surface area contributed by atoms with Gasteiger partial charge in [-0.25, -0.2) is 4.79 Å². The average Bonchev–Trinajstić information content (AvgIpc) is 2.68. The molecule has 140 valence electrons. The maximum absolute atomic E-state index is 14.1. The summed E-state index contributed by atoms with van der Waals surface area (Å²) < 4.78 is 13.3. The summed E-state index contributed by atoms with van der Waals surface area (Å²) in [5.41, 5.74) is 0.0727. The van der Waals surface area contributed by atoms with Crippen LogP contribution in [0, 0.1) is 0 Å². The first-order chi connectivity index (χ1) is 12.9. The number of alkyl halides is 3. The van der Waals surface area contributed by atoms with E-state index in [-0.39, 0.29) is 5.56 Å². The second-order valence-electron chi connectivity index (χ2n) is 5.35. The first-order valence-electron chi connectivity index (χ1n) is 7.83. The maximum atomic E-state index is 14.1. The van der Waals surface area contributed by atoms with Gasteiger partial charge in [0.25, 0.3) is 0 Å². The molecular weight excluding hydrogens is 426 g/mol. The van der Waals surface area contributed by atoms with E-state index in [0.29, 0.717) is 15.9 Å². The zero-order valence-corrected chi connectivity index (χ0v) is 17.2. The van der Waals surface area contributed by atoms with Crippen molar-refractivity contribution in [1.82, 2.24) is 0 Å². The monoisotopic (exact) mass is 440 g/mol. The Bertz CT molecular complexity index is 885. The summed E-state index contributed by atoms with van der Waals surface area (Å²) >= 11 is 14.4. The predicted octanol–water partition coefficient (Wildman–Crippen LogP) is 5.01. The van der Waals surface area contributed by atoms with Crippen molar-refractivity contribution in [2.45, 2.75) is 4.30 Å². The van der Waals surface area contributed by atoms with Crippen LogP contribution in [0.25, 0.3) is 0 Å². The third-order valence-electron chi connectivity index (χ3n) is 3.71. The number of benzene rings is 3. The molecule has 1 N–H and O–H groups in total. The molecule has 27 heavy (non-hydrogen) atoms. The van der Waals surface area contributed by atoms with Gasteiger partial charge >= 0.3 is 5.97 Å². The minimum Gasteiger partial charge on any atom is -0.478 e. The van der Waals surface area contributed by atoms with Crippen LogP contribution < -0.4 is 15.9 Å². The first kappa shape index (κ1) is 21.5. The molecule has 0 aliphatic carbocycles. The summed E-state index contributed by atoms with van der Waals surface area (Å²) in [5, 5.41) is 11.1. The third-order valence-corrected chi connectivity index (χ3v) is 6.83. The lowest BCUT2D eigenvalue weighted by Crippen LogP contribution is -2.28. The Morgan fingerprint density at radius 2 is 1.11 bits per heavy atom. The first-order valence-corrected chi connectivity index (χ1v) is 10.9. The third kappa shape index (κ3) is 5.37. The fourth-order valence-corrected chi connectivity index (χ4v) is 5.48. The Hall–Kier alpha value is -1.77. The lowest BCUT2D eigenvalue weighted by atomic mass is 10.2. The Labute approximate surface area is 172 Å². The van der Waals surface area contributed by atoms with Crippen LogP contribution >= 0.6 is 41.9 Å². The van der Waals surface area contributed by atoms with Gasteiger partial charge in [-0.2, -0.15) is 0 Å². The number of rotatable bonds is 4. The molecule has 0 aliphatic rings. The molecule has 3 aromatic rings. The van der Waals surface area contributed by atoms with E-state index in [9.17, 15) is 14.5 Å². The Kier molecular flexibility index (Phi) is 7.94. The van der Waals surface area contributed by atoms with E-state index in [0.717, 1.165) is 0 Å². The van der Waals surface area contributed by atoms with E-state index < -0.39 is 17.4 Å². The van der Waals surface area contributed by atoms with E-state index in [2.05, 4.69) is 0 Å². The number of hydrogen-bond acceptors (Lipinski definition) is 2. The van der Waals surface area contributed by atoms with Crippen molar-refractivity contribution in [3.05, 3.63) is 90.5 Å². The molecular formula is C20H16Cl3O3P. The summed E-state index contributed by atoms with van der Waals surface area (Å²) in [5.74, 6) is -1.08. The Balaban J connectivity index is 0.000000596. The summed E-state index contributed by atoms with van der Waals surface area (Å²) in [6.45, 7) is 0. The van der Waals surface area contributed by atoms with E-state index >= 15 is 0 Å². The summed E-state index contributed by atoms with van der Waals surface area (Å²) in [6, 6.07) is 24.6. The van der Waals surface area contributed by atoms with Crippen molar-refractivity contribution < 1.29 is 14.5 Å². The van der Waals surface area contributed by atoms with Crippen LogP contribution in [0.4, 0.5) is 0 Å². The van der Waals surface area contributed by atoms with Crippen LogP contribution in [-0.2, 0) is 4.57 Å². The van der Waals surface area contributed by atoms with Gasteiger partial charge in [0.2, 0.25) is 0 Å². The van der Waals surface area contributed by atoms with Crippen LogP contribution in [0.2, 0.25) is 0 Å². The highest BCUT2D eigenvalue weighted by Crippen LogP contribution is 2.43. The zero-order valence-electron chi connectivity index (χ0n) is 14.0. The van der Waals surface area contributed by atoms with Gasteiger partial charge in [-0.05, 0) is 12.1 Å². The Morgan fingerprint density at radius 3 is 1.52 bits per heavy atom. The van der Waals surface area contributed by atoms with Crippen LogP contribution in [0.5, 0.6) is 0 Å². The number of carboxylic acid groups (broad SMARTS) is 1. The molecule has 3 aromatic carbocycles. The fourth-order valence-electron chi connectivity index (χ4n) is 2.63. The minimum absolute atomic E-state index is 0.0727. The summed E-state index contributed by atoms with van der Waals surface area (Å²) in [7, 11) is -3.25. The van der Waals surface area contributed by atoms with Crippen molar-refractivity contribution in [2.75, 3.05) is 0 Å². The van der Waals surface area contributed by atoms with Crippen molar-refractivity contribution in [1.29, 1.82) is 0 Å². The van der Waals surface area contributed by atoms with Crippen LogP contribution in [-0.4, -0.2) is 15.4 Å². The van der Waals surface area contributed by atoms with Crippen LogP contribution in [0.3, 0.4) is 0 Å². The molecule has 0 aromatic heterocycles. The molecule has 3 rings (SSSR count). The largest absolute Gasteiger partial charge is 0.478 e. The van der Waals surface area contributed by atoms with E-state index in [1.165, 1.54) is 6.07 Å². The highest BCUT2D eigenvalue weighted by atomic mass is 35.6. The molecule has 0 amide bonds. The number of aromatic carboxylic acids is 1. The summed E-state index contributed by atoms with van der Waals surface area (Å²) in [4.78, 5) is 11.6. The zero-order chi connectivity index (χ0) is 19.9. The van der Waals surface area contributed by atoms with Crippen LogP contribution in [0.1, 0.15) is 10.4 Å². The number of carboxylic acids is 1. The van der Waals surface area contributed by atoms with Crippen molar-refractivity contribution in [2.24, 2.45) is 0 Å². The molecule has 0 saturated heterocycles. The number of hydrogen-bond donors (Lipinski definition) is 1. The van der Waals surface area contributed by atoms with Gasteiger partial charge in [-0.15, -0.1) is 0 Å². The van der Waals surface area contributed by atoms with E-state index in [1.54, 1.807) is 42.5 Å². The summed E-state index contributed by atoms with van der Waals surface area (Å²) in [6.07, 6.45) is 0. The lowest BCUT2D eigenvalue weighted by Gasteiger charge is -2.21. The highest BCUT2D eigenvalue weighted by molar-refractivity contribution is 7.85. The molecule has 0 bridgehead atoms. The van der Waals surface area contributed by atoms with Gasteiger partial charge < -0.3 is 9.67 Å². The molecule has 0 atom stereocenters. The van der Waals surface area contributed by atoms with Gasteiger partial charge in [0.1, 0.15) is 0 Å². The van der Waals surface area contributed by atoms with Crippen molar-refractivity contribution in [3.8, 4) is 0 Å². The average molecular weight is 442 g/mol. The molecule has 0 saturated carbocycles. The minimum atomic E-state index is -3.25. The molecule has 0 fully saturated rings. The van der Waals surface area contributed by atoms with E-state index in [1.807, 2.05) is 36.4 Å². The predicted molar refractivity (Wildman–Crippen MR) is 114 cm³/mol. The smallest absolute Gasteiger partial charge is 0.336 e. The SMILES string of the molecule is ClC(Cl)Cl.O=C(O)c1ccccc1P(=O)(c1ccccc1)c1ccccc1. The van der Waals surface area contributed by atoms with Gasteiger partial charge in [-0.1, -0.05) is 108 Å². The number of carbonyl (C=O) groups is 1. The maximum Gasteiger partial charge on any atom is 0.336 e. The quantitative estimate of drug-likeness (QED) is 0.457. The number of halogens is 3. The molecule has 7 heteroatoms. The molecule has 0 spiro atoms. The molecule has 0 radical (unpaired) electrons. The Morgan fingerprint density at radius 1 is 0.741 bits per heavy atom. The van der Waals surface area contributed by atoms with E-state index in [4.69, 9.17) is 34.8 Å². The standard InChI is InChI=1S/C19H15O3P.CHCl3/c20-19(21)17-13-7-8-14-18(17)23(22,15-9-3-1-4-10-15)16-11-5-2-6-12-16;2-1(3)4/h1-14H,(H,20,21);1H. The van der Waals surface area contributed by atoms with Gasteiger partial charge in [0.05, 0.1) is 5.56 Å². The normalized spacial score (nSPS) is 10.8. The molecule has 0 aliphatic heterocycles. The van der Waals surface area contributed by atoms with Crippen molar-refractivity contribution >= 4 is 63.8 Å². The second-order valence-corrected chi connectivity index (χ2v) is 10.1. The molecule has 3 nitrogen and oxygen atoms in total. The van der Waals surface area contributed by atoms with Gasteiger partial charge in [0, 0.05) is 15.9 Å². The second kappa shape index (κ2) is 9.96. The van der Waals surface area contributed by atoms with Gasteiger partial charge in [-0.3, -0.25) is 0 Å². The van der Waals surface area contributed by atoms with Gasteiger partial charge in [0.15, 0.2) is 11.4 Å². The molecule has 0 unspecified atom stereocenters.